The van der Waals surface area contributed by atoms with E-state index in [-0.39, 0.29) is 6.04 Å². The molecule has 2 atom stereocenters. The van der Waals surface area contributed by atoms with Crippen LogP contribution in [-0.2, 0) is 0 Å². The van der Waals surface area contributed by atoms with Crippen molar-refractivity contribution in [3.05, 3.63) is 5.01 Å². The van der Waals surface area contributed by atoms with E-state index in [1.807, 2.05) is 6.92 Å². The topological polar surface area (TPSA) is 63.8 Å². The third kappa shape index (κ3) is 1.97. The summed E-state index contributed by atoms with van der Waals surface area (Å²) < 4.78 is 0. The van der Waals surface area contributed by atoms with Crippen LogP contribution in [0, 0.1) is 6.92 Å². The zero-order valence-electron chi connectivity index (χ0n) is 7.66. The molecule has 0 bridgehead atoms. The lowest BCUT2D eigenvalue weighted by Crippen LogP contribution is -2.35. The minimum atomic E-state index is 0.282. The van der Waals surface area contributed by atoms with Gasteiger partial charge in [0.05, 0.1) is 0 Å². The Balaban J connectivity index is 1.97. The number of rotatable bonds is 2. The monoisotopic (exact) mass is 198 g/mol. The Morgan fingerprint density at radius 3 is 2.85 bits per heavy atom. The van der Waals surface area contributed by atoms with Gasteiger partial charge in [-0.1, -0.05) is 11.3 Å². The van der Waals surface area contributed by atoms with Gasteiger partial charge in [0.2, 0.25) is 5.13 Å². The second kappa shape index (κ2) is 3.59. The zero-order valence-corrected chi connectivity index (χ0v) is 8.47. The Labute approximate surface area is 81.6 Å². The smallest absolute Gasteiger partial charge is 0.205 e. The van der Waals surface area contributed by atoms with Gasteiger partial charge in [0, 0.05) is 12.1 Å². The molecule has 1 heterocycles. The van der Waals surface area contributed by atoms with Crippen molar-refractivity contribution in [2.75, 3.05) is 5.32 Å². The molecule has 1 aromatic rings. The fraction of sp³-hybridized carbons (Fsp3) is 0.750. The van der Waals surface area contributed by atoms with Gasteiger partial charge in [0.1, 0.15) is 5.01 Å². The number of anilines is 1. The lowest BCUT2D eigenvalue weighted by Gasteiger charge is -2.15. The number of nitrogens with one attached hydrogen (secondary N) is 1. The molecule has 1 saturated carbocycles. The Bertz CT molecular complexity index is 285. The molecule has 1 aliphatic rings. The second-order valence-corrected chi connectivity index (χ2v) is 4.65. The van der Waals surface area contributed by atoms with Crippen molar-refractivity contribution >= 4 is 16.5 Å². The van der Waals surface area contributed by atoms with E-state index in [0.717, 1.165) is 23.0 Å². The number of aromatic nitrogens is 2. The number of nitrogens with two attached hydrogens (primary N) is 1. The third-order valence-corrected chi connectivity index (χ3v) is 3.17. The maximum atomic E-state index is 5.93. The first-order valence-electron chi connectivity index (χ1n) is 4.58. The van der Waals surface area contributed by atoms with Gasteiger partial charge in [-0.05, 0) is 26.2 Å². The van der Waals surface area contributed by atoms with Gasteiger partial charge in [-0.2, -0.15) is 0 Å². The van der Waals surface area contributed by atoms with Crippen LogP contribution in [0.3, 0.4) is 0 Å². The molecule has 4 nitrogen and oxygen atoms in total. The maximum Gasteiger partial charge on any atom is 0.205 e. The summed E-state index contributed by atoms with van der Waals surface area (Å²) >= 11 is 1.59. The standard InChI is InChI=1S/C8H14N4S/c1-5-11-12-8(13-5)10-7-4-2-3-6(7)9/h6-7H,2-4,9H2,1H3,(H,10,12). The Morgan fingerprint density at radius 2 is 2.31 bits per heavy atom. The lowest BCUT2D eigenvalue weighted by atomic mass is 10.2. The van der Waals surface area contributed by atoms with E-state index in [2.05, 4.69) is 15.5 Å². The normalized spacial score (nSPS) is 27.8. The summed E-state index contributed by atoms with van der Waals surface area (Å²) in [6, 6.07) is 0.677. The highest BCUT2D eigenvalue weighted by Crippen LogP contribution is 2.23. The summed E-state index contributed by atoms with van der Waals surface area (Å²) in [5, 5.41) is 13.2. The van der Waals surface area contributed by atoms with Crippen molar-refractivity contribution < 1.29 is 0 Å². The lowest BCUT2D eigenvalue weighted by molar-refractivity contribution is 0.636. The van der Waals surface area contributed by atoms with Crippen LogP contribution in [0.15, 0.2) is 0 Å². The van der Waals surface area contributed by atoms with E-state index in [9.17, 15) is 0 Å². The van der Waals surface area contributed by atoms with Crippen LogP contribution in [0.5, 0.6) is 0 Å². The minimum absolute atomic E-state index is 0.282. The van der Waals surface area contributed by atoms with Crippen molar-refractivity contribution in [2.24, 2.45) is 5.73 Å². The molecule has 2 unspecified atom stereocenters. The van der Waals surface area contributed by atoms with Gasteiger partial charge in [-0.15, -0.1) is 10.2 Å². The molecule has 0 amide bonds. The van der Waals surface area contributed by atoms with E-state index < -0.39 is 0 Å². The summed E-state index contributed by atoms with van der Waals surface area (Å²) in [6.45, 7) is 1.96. The van der Waals surface area contributed by atoms with Crippen LogP contribution >= 0.6 is 11.3 Å². The summed E-state index contributed by atoms with van der Waals surface area (Å²) in [5.74, 6) is 0. The van der Waals surface area contributed by atoms with E-state index in [1.165, 1.54) is 6.42 Å². The number of hydrogen-bond acceptors (Lipinski definition) is 5. The van der Waals surface area contributed by atoms with E-state index in [1.54, 1.807) is 11.3 Å². The van der Waals surface area contributed by atoms with Crippen molar-refractivity contribution in [3.8, 4) is 0 Å². The zero-order chi connectivity index (χ0) is 9.26. The van der Waals surface area contributed by atoms with Crippen molar-refractivity contribution in [3.63, 3.8) is 0 Å². The molecule has 1 aliphatic carbocycles. The van der Waals surface area contributed by atoms with Gasteiger partial charge in [-0.25, -0.2) is 0 Å². The third-order valence-electron chi connectivity index (χ3n) is 2.40. The van der Waals surface area contributed by atoms with Crippen molar-refractivity contribution in [2.45, 2.75) is 38.3 Å². The first-order chi connectivity index (χ1) is 6.25. The molecular formula is C8H14N4S. The number of aryl methyl sites for hydroxylation is 1. The van der Waals surface area contributed by atoms with E-state index in [4.69, 9.17) is 5.73 Å². The Morgan fingerprint density at radius 1 is 1.46 bits per heavy atom. The summed E-state index contributed by atoms with van der Waals surface area (Å²) in [5.41, 5.74) is 5.93. The molecule has 2 rings (SSSR count). The molecule has 0 spiro atoms. The number of nitrogens with zero attached hydrogens (tertiary/aromatic N) is 2. The second-order valence-electron chi connectivity index (χ2n) is 3.47. The molecule has 0 aliphatic heterocycles. The van der Waals surface area contributed by atoms with Crippen molar-refractivity contribution in [1.82, 2.24) is 10.2 Å². The van der Waals surface area contributed by atoms with Gasteiger partial charge < -0.3 is 11.1 Å². The van der Waals surface area contributed by atoms with E-state index >= 15 is 0 Å². The molecular weight excluding hydrogens is 184 g/mol. The quantitative estimate of drug-likeness (QED) is 0.748. The molecule has 13 heavy (non-hydrogen) atoms. The highest BCUT2D eigenvalue weighted by Gasteiger charge is 2.24. The minimum Gasteiger partial charge on any atom is -0.356 e. The highest BCUT2D eigenvalue weighted by atomic mass is 32.1. The fourth-order valence-corrected chi connectivity index (χ4v) is 2.33. The SMILES string of the molecule is Cc1nnc(NC2CCCC2N)s1. The summed E-state index contributed by atoms with van der Waals surface area (Å²) in [7, 11) is 0. The first-order valence-corrected chi connectivity index (χ1v) is 5.39. The Hall–Kier alpha value is -0.680. The predicted molar refractivity (Wildman–Crippen MR) is 53.9 cm³/mol. The highest BCUT2D eigenvalue weighted by molar-refractivity contribution is 7.15. The molecule has 3 N–H and O–H groups in total. The predicted octanol–water partition coefficient (Wildman–Crippen LogP) is 1.14. The van der Waals surface area contributed by atoms with Gasteiger partial charge in [-0.3, -0.25) is 0 Å². The summed E-state index contributed by atoms with van der Waals surface area (Å²) in [6.07, 6.45) is 3.49. The molecule has 5 heteroatoms. The molecule has 0 saturated heterocycles. The molecule has 0 aromatic carbocycles. The van der Waals surface area contributed by atoms with E-state index in [0.29, 0.717) is 6.04 Å². The van der Waals surface area contributed by atoms with Crippen LogP contribution in [0.2, 0.25) is 0 Å². The van der Waals surface area contributed by atoms with Crippen LogP contribution in [0.4, 0.5) is 5.13 Å². The first kappa shape index (κ1) is 8.90. The average molecular weight is 198 g/mol. The Kier molecular flexibility index (Phi) is 2.46. The molecule has 1 fully saturated rings. The number of hydrogen-bond donors (Lipinski definition) is 2. The molecule has 1 aromatic heterocycles. The molecule has 0 radical (unpaired) electrons. The van der Waals surface area contributed by atoms with Crippen LogP contribution in [-0.4, -0.2) is 22.3 Å². The van der Waals surface area contributed by atoms with Crippen LogP contribution < -0.4 is 11.1 Å². The molecule has 72 valence electrons. The van der Waals surface area contributed by atoms with Crippen LogP contribution in [0.25, 0.3) is 0 Å². The van der Waals surface area contributed by atoms with Crippen LogP contribution in [0.1, 0.15) is 24.3 Å². The summed E-state index contributed by atoms with van der Waals surface area (Å²) in [4.78, 5) is 0. The maximum absolute atomic E-state index is 5.93. The largest absolute Gasteiger partial charge is 0.356 e. The average Bonchev–Trinajstić information content (AvgIpc) is 2.64. The van der Waals surface area contributed by atoms with Gasteiger partial charge in [0.15, 0.2) is 0 Å². The van der Waals surface area contributed by atoms with Crippen molar-refractivity contribution in [1.29, 1.82) is 0 Å². The fourth-order valence-electron chi connectivity index (χ4n) is 1.68. The van der Waals surface area contributed by atoms with Gasteiger partial charge >= 0.3 is 0 Å². The van der Waals surface area contributed by atoms with Gasteiger partial charge in [0.25, 0.3) is 0 Å².